The molecule has 0 aromatic heterocycles. The maximum atomic E-state index is 4.54. The van der Waals surface area contributed by atoms with Gasteiger partial charge in [0.2, 0.25) is 0 Å². The predicted molar refractivity (Wildman–Crippen MR) is 67.2 cm³/mol. The average Bonchev–Trinajstić information content (AvgIpc) is 2.26. The molecule has 0 aliphatic heterocycles. The van der Waals surface area contributed by atoms with Crippen molar-refractivity contribution in [3.8, 4) is 0 Å². The molecule has 0 aliphatic carbocycles. The van der Waals surface area contributed by atoms with Gasteiger partial charge in [-0.2, -0.15) is 0 Å². The van der Waals surface area contributed by atoms with E-state index in [-0.39, 0.29) is 0 Å². The van der Waals surface area contributed by atoms with Gasteiger partial charge in [-0.25, -0.2) is 0 Å². The van der Waals surface area contributed by atoms with E-state index in [0.717, 1.165) is 22.5 Å². The van der Waals surface area contributed by atoms with Crippen molar-refractivity contribution in [2.24, 2.45) is 4.99 Å². The lowest BCUT2D eigenvalue weighted by molar-refractivity contribution is 1.27. The number of nitrogens with zero attached hydrogens (tertiary/aromatic N) is 1. The van der Waals surface area contributed by atoms with Gasteiger partial charge in [-0.3, -0.25) is 4.99 Å². The number of hydrogen-bond donors (Lipinski definition) is 0. The molecule has 1 rings (SSSR count). The van der Waals surface area contributed by atoms with E-state index in [9.17, 15) is 0 Å². The standard InChI is InChI=1S/C14H17N/c1-5-14(11(2)3)15-12(4)13-9-7-6-8-10-13/h5-10H,2H2,1,3-4H3/b14-5-,15-12+. The van der Waals surface area contributed by atoms with Gasteiger partial charge in [0, 0.05) is 5.71 Å². The van der Waals surface area contributed by atoms with Crippen LogP contribution in [0, 0.1) is 0 Å². The predicted octanol–water partition coefficient (Wildman–Crippen LogP) is 3.98. The monoisotopic (exact) mass is 199 g/mol. The molecular weight excluding hydrogens is 182 g/mol. The molecule has 15 heavy (non-hydrogen) atoms. The maximum absolute atomic E-state index is 4.54. The lowest BCUT2D eigenvalue weighted by Crippen LogP contribution is -1.95. The van der Waals surface area contributed by atoms with Crippen molar-refractivity contribution >= 4 is 5.71 Å². The summed E-state index contributed by atoms with van der Waals surface area (Å²) < 4.78 is 0. The largest absolute Gasteiger partial charge is 0.253 e. The molecule has 1 heteroatoms. The Morgan fingerprint density at radius 2 is 1.80 bits per heavy atom. The summed E-state index contributed by atoms with van der Waals surface area (Å²) in [7, 11) is 0. The lowest BCUT2D eigenvalue weighted by Gasteiger charge is -2.03. The van der Waals surface area contributed by atoms with Crippen molar-refractivity contribution in [1.82, 2.24) is 0 Å². The Balaban J connectivity index is 2.99. The quantitative estimate of drug-likeness (QED) is 0.516. The maximum Gasteiger partial charge on any atom is 0.0613 e. The molecule has 0 saturated heterocycles. The van der Waals surface area contributed by atoms with Gasteiger partial charge in [0.05, 0.1) is 5.70 Å². The molecular formula is C14H17N. The van der Waals surface area contributed by atoms with Crippen molar-refractivity contribution in [2.45, 2.75) is 20.8 Å². The molecule has 0 bridgehead atoms. The van der Waals surface area contributed by atoms with Gasteiger partial charge in [0.25, 0.3) is 0 Å². The van der Waals surface area contributed by atoms with E-state index >= 15 is 0 Å². The van der Waals surface area contributed by atoms with Crippen LogP contribution in [0.3, 0.4) is 0 Å². The Kier molecular flexibility index (Phi) is 4.04. The summed E-state index contributed by atoms with van der Waals surface area (Å²) in [5.41, 5.74) is 4.12. The zero-order chi connectivity index (χ0) is 11.3. The summed E-state index contributed by atoms with van der Waals surface area (Å²) in [5, 5.41) is 0. The van der Waals surface area contributed by atoms with Crippen molar-refractivity contribution in [3.63, 3.8) is 0 Å². The molecule has 0 radical (unpaired) electrons. The fourth-order valence-electron chi connectivity index (χ4n) is 1.33. The van der Waals surface area contributed by atoms with Gasteiger partial charge < -0.3 is 0 Å². The van der Waals surface area contributed by atoms with Crippen molar-refractivity contribution in [2.75, 3.05) is 0 Å². The molecule has 0 atom stereocenters. The minimum atomic E-state index is 0.955. The number of hydrogen-bond acceptors (Lipinski definition) is 1. The first kappa shape index (κ1) is 11.4. The summed E-state index contributed by atoms with van der Waals surface area (Å²) in [5.74, 6) is 0. The van der Waals surface area contributed by atoms with E-state index in [1.807, 2.05) is 45.0 Å². The fourth-order valence-corrected chi connectivity index (χ4v) is 1.33. The highest BCUT2D eigenvalue weighted by Gasteiger charge is 1.98. The highest BCUT2D eigenvalue weighted by atomic mass is 14.8. The first-order chi connectivity index (χ1) is 7.15. The Labute approximate surface area is 91.9 Å². The van der Waals surface area contributed by atoms with Gasteiger partial charge in [-0.1, -0.05) is 43.0 Å². The summed E-state index contributed by atoms with van der Waals surface area (Å²) >= 11 is 0. The molecule has 1 aromatic carbocycles. The Hall–Kier alpha value is -1.63. The smallest absolute Gasteiger partial charge is 0.0613 e. The topological polar surface area (TPSA) is 12.4 Å². The third-order valence-corrected chi connectivity index (χ3v) is 2.19. The van der Waals surface area contributed by atoms with Crippen LogP contribution in [-0.4, -0.2) is 5.71 Å². The zero-order valence-corrected chi connectivity index (χ0v) is 9.62. The summed E-state index contributed by atoms with van der Waals surface area (Å²) in [6, 6.07) is 10.2. The molecule has 0 unspecified atom stereocenters. The molecule has 0 amide bonds. The van der Waals surface area contributed by atoms with E-state index in [0.29, 0.717) is 0 Å². The van der Waals surface area contributed by atoms with E-state index < -0.39 is 0 Å². The molecule has 0 aliphatic rings. The first-order valence-corrected chi connectivity index (χ1v) is 5.08. The SMILES string of the molecule is C=C(C)C(=C/C)/N=C(\C)c1ccccc1. The van der Waals surface area contributed by atoms with Gasteiger partial charge in [0.15, 0.2) is 0 Å². The van der Waals surface area contributed by atoms with Crippen molar-refractivity contribution in [1.29, 1.82) is 0 Å². The van der Waals surface area contributed by atoms with E-state index in [1.165, 1.54) is 0 Å². The molecule has 1 aromatic rings. The van der Waals surface area contributed by atoms with E-state index in [4.69, 9.17) is 0 Å². The van der Waals surface area contributed by atoms with Gasteiger partial charge >= 0.3 is 0 Å². The van der Waals surface area contributed by atoms with Crippen molar-refractivity contribution in [3.05, 3.63) is 59.8 Å². The van der Waals surface area contributed by atoms with Gasteiger partial charge in [-0.05, 0) is 31.9 Å². The van der Waals surface area contributed by atoms with Crippen LogP contribution in [0.1, 0.15) is 26.3 Å². The average molecular weight is 199 g/mol. The Morgan fingerprint density at radius 3 is 2.27 bits per heavy atom. The van der Waals surface area contributed by atoms with E-state index in [2.05, 4.69) is 23.7 Å². The highest BCUT2D eigenvalue weighted by Crippen LogP contribution is 2.11. The Bertz CT molecular complexity index is 397. The summed E-state index contributed by atoms with van der Waals surface area (Å²) in [6.07, 6.45) is 1.98. The fraction of sp³-hybridized carbons (Fsp3) is 0.214. The molecule has 0 heterocycles. The molecule has 0 fully saturated rings. The molecule has 1 nitrogen and oxygen atoms in total. The first-order valence-electron chi connectivity index (χ1n) is 5.08. The minimum Gasteiger partial charge on any atom is -0.253 e. The highest BCUT2D eigenvalue weighted by molar-refractivity contribution is 5.99. The molecule has 0 spiro atoms. The van der Waals surface area contributed by atoms with Crippen molar-refractivity contribution < 1.29 is 0 Å². The summed E-state index contributed by atoms with van der Waals surface area (Å²) in [6.45, 7) is 9.86. The van der Waals surface area contributed by atoms with Crippen LogP contribution in [0.25, 0.3) is 0 Å². The molecule has 0 N–H and O–H groups in total. The minimum absolute atomic E-state index is 0.955. The number of allylic oxidation sites excluding steroid dienone is 2. The zero-order valence-electron chi connectivity index (χ0n) is 9.62. The van der Waals surface area contributed by atoms with Gasteiger partial charge in [0.1, 0.15) is 0 Å². The lowest BCUT2D eigenvalue weighted by atomic mass is 10.1. The summed E-state index contributed by atoms with van der Waals surface area (Å²) in [4.78, 5) is 4.54. The Morgan fingerprint density at radius 1 is 1.20 bits per heavy atom. The van der Waals surface area contributed by atoms with Gasteiger partial charge in [-0.15, -0.1) is 0 Å². The number of aliphatic imine (C=N–C) groups is 1. The third-order valence-electron chi connectivity index (χ3n) is 2.19. The van der Waals surface area contributed by atoms with Crippen LogP contribution in [0.2, 0.25) is 0 Å². The van der Waals surface area contributed by atoms with E-state index in [1.54, 1.807) is 0 Å². The second kappa shape index (κ2) is 5.30. The molecule has 0 saturated carbocycles. The second-order valence-corrected chi connectivity index (χ2v) is 3.52. The van der Waals surface area contributed by atoms with Crippen LogP contribution >= 0.6 is 0 Å². The molecule has 78 valence electrons. The second-order valence-electron chi connectivity index (χ2n) is 3.52. The third kappa shape index (κ3) is 3.21. The van der Waals surface area contributed by atoms with Crippen LogP contribution in [0.5, 0.6) is 0 Å². The van der Waals surface area contributed by atoms with Crippen LogP contribution in [0.4, 0.5) is 0 Å². The normalized spacial score (nSPS) is 12.7. The van der Waals surface area contributed by atoms with Crippen LogP contribution in [-0.2, 0) is 0 Å². The van der Waals surface area contributed by atoms with Crippen LogP contribution in [0.15, 0.2) is 59.2 Å². The van der Waals surface area contributed by atoms with Crippen LogP contribution < -0.4 is 0 Å². The number of rotatable bonds is 3. The number of benzene rings is 1.